The average Bonchev–Trinajstić information content (AvgIpc) is 3.58. The van der Waals surface area contributed by atoms with Gasteiger partial charge >= 0.3 is 0 Å². The second-order valence-electron chi connectivity index (χ2n) is 11.3. The number of fused-ring (bicyclic) bond motifs is 2. The SMILES string of the molecule is CNC(=O)c1c(-c2ccc(F)cc2)oc2cc(N(C)S(C)(=O)=O)c([C@@H]3CCCN(S(=O)(=O)c4ccc5c(c4)CC(=O)N5)C3)cc12. The number of sulfonamides is 2. The third-order valence-electron chi connectivity index (χ3n) is 8.40. The van der Waals surface area contributed by atoms with Gasteiger partial charge in [-0.15, -0.1) is 0 Å². The molecule has 14 heteroatoms. The molecule has 2 aliphatic rings. The van der Waals surface area contributed by atoms with Crippen molar-refractivity contribution in [3.63, 3.8) is 0 Å². The maximum Gasteiger partial charge on any atom is 0.255 e. The van der Waals surface area contributed by atoms with Crippen molar-refractivity contribution >= 4 is 54.2 Å². The van der Waals surface area contributed by atoms with E-state index in [1.165, 1.54) is 54.8 Å². The molecule has 1 aromatic heterocycles. The summed E-state index contributed by atoms with van der Waals surface area (Å²) >= 11 is 0. The zero-order chi connectivity index (χ0) is 32.3. The fourth-order valence-corrected chi connectivity index (χ4v) is 8.10. The van der Waals surface area contributed by atoms with Gasteiger partial charge in [0.25, 0.3) is 5.91 Å². The monoisotopic (exact) mass is 654 g/mol. The first-order chi connectivity index (χ1) is 21.3. The minimum absolute atomic E-state index is 0.0602. The summed E-state index contributed by atoms with van der Waals surface area (Å²) in [6.45, 7) is 0.321. The standard InChI is InChI=1S/C31H31FN4O7S2/c1-33-31(38)29-24-15-23(26(35(2)44(3,39)40)16-27(24)43-30(29)18-6-8-21(32)9-7-18)19-5-4-12-36(17-19)45(41,42)22-10-11-25-20(13-22)14-28(37)34-25/h6-11,13,15-16,19H,4-5,12,14,17H2,1-3H3,(H,33,38)(H,34,37)/t19-/m1/s1. The summed E-state index contributed by atoms with van der Waals surface area (Å²) in [5.41, 5.74) is 2.90. The second-order valence-corrected chi connectivity index (χ2v) is 15.2. The number of hydrogen-bond acceptors (Lipinski definition) is 7. The molecule has 1 saturated heterocycles. The van der Waals surface area contributed by atoms with Crippen molar-refractivity contribution in [2.75, 3.05) is 43.1 Å². The van der Waals surface area contributed by atoms with Gasteiger partial charge in [0.1, 0.15) is 17.2 Å². The van der Waals surface area contributed by atoms with Crippen molar-refractivity contribution in [3.05, 3.63) is 77.1 Å². The highest BCUT2D eigenvalue weighted by Gasteiger charge is 2.35. The van der Waals surface area contributed by atoms with Gasteiger partial charge in [0.2, 0.25) is 26.0 Å². The van der Waals surface area contributed by atoms with Crippen LogP contribution in [0.15, 0.2) is 63.9 Å². The van der Waals surface area contributed by atoms with Gasteiger partial charge in [-0.1, -0.05) is 0 Å². The highest BCUT2D eigenvalue weighted by Crippen LogP contribution is 2.42. The Kier molecular flexibility index (Phi) is 7.70. The van der Waals surface area contributed by atoms with Crippen LogP contribution in [0.3, 0.4) is 0 Å². The molecule has 3 heterocycles. The molecule has 0 aliphatic carbocycles. The number of amides is 2. The van der Waals surface area contributed by atoms with Crippen molar-refractivity contribution < 1.29 is 35.2 Å². The van der Waals surface area contributed by atoms with E-state index in [9.17, 15) is 30.8 Å². The fourth-order valence-electron chi connectivity index (χ4n) is 6.01. The molecule has 6 rings (SSSR count). The van der Waals surface area contributed by atoms with E-state index in [0.29, 0.717) is 46.3 Å². The number of benzene rings is 3. The lowest BCUT2D eigenvalue weighted by atomic mass is 9.89. The van der Waals surface area contributed by atoms with Gasteiger partial charge in [-0.25, -0.2) is 21.2 Å². The average molecular weight is 655 g/mol. The smallest absolute Gasteiger partial charge is 0.255 e. The van der Waals surface area contributed by atoms with Crippen LogP contribution < -0.4 is 14.9 Å². The number of halogens is 1. The number of nitrogens with one attached hydrogen (secondary N) is 2. The molecule has 45 heavy (non-hydrogen) atoms. The van der Waals surface area contributed by atoms with Crippen LogP contribution in [0.5, 0.6) is 0 Å². The zero-order valence-electron chi connectivity index (χ0n) is 24.8. The van der Waals surface area contributed by atoms with Crippen molar-refractivity contribution in [1.82, 2.24) is 9.62 Å². The topological polar surface area (TPSA) is 146 Å². The van der Waals surface area contributed by atoms with Gasteiger partial charge in [0.15, 0.2) is 0 Å². The molecule has 0 unspecified atom stereocenters. The van der Waals surface area contributed by atoms with Crippen LogP contribution in [0.2, 0.25) is 0 Å². The molecule has 4 aromatic rings. The molecule has 1 atom stereocenters. The van der Waals surface area contributed by atoms with Gasteiger partial charge in [-0.2, -0.15) is 4.31 Å². The molecule has 1 fully saturated rings. The maximum atomic E-state index is 13.8. The fraction of sp³-hybridized carbons (Fsp3) is 0.290. The molecule has 0 spiro atoms. The van der Waals surface area contributed by atoms with Crippen LogP contribution in [-0.2, 0) is 31.3 Å². The first-order valence-corrected chi connectivity index (χ1v) is 17.5. The third-order valence-corrected chi connectivity index (χ3v) is 11.5. The first-order valence-electron chi connectivity index (χ1n) is 14.2. The molecule has 236 valence electrons. The summed E-state index contributed by atoms with van der Waals surface area (Å²) < 4.78 is 75.5. The number of piperidine rings is 1. The molecule has 2 amide bonds. The van der Waals surface area contributed by atoms with Crippen LogP contribution in [-0.4, -0.2) is 66.4 Å². The molecule has 11 nitrogen and oxygen atoms in total. The van der Waals surface area contributed by atoms with E-state index in [-0.39, 0.29) is 47.2 Å². The van der Waals surface area contributed by atoms with Crippen LogP contribution in [0.4, 0.5) is 15.8 Å². The van der Waals surface area contributed by atoms with Crippen LogP contribution in [0.1, 0.15) is 40.2 Å². The Morgan fingerprint density at radius 3 is 2.51 bits per heavy atom. The molecule has 3 aromatic carbocycles. The van der Waals surface area contributed by atoms with Crippen LogP contribution in [0, 0.1) is 5.82 Å². The normalized spacial score (nSPS) is 17.2. The van der Waals surface area contributed by atoms with E-state index in [1.807, 2.05) is 0 Å². The molecule has 2 aliphatic heterocycles. The van der Waals surface area contributed by atoms with Crippen molar-refractivity contribution in [3.8, 4) is 11.3 Å². The number of carbonyl (C=O) groups excluding carboxylic acids is 2. The minimum Gasteiger partial charge on any atom is -0.455 e. The number of carbonyl (C=O) groups is 2. The summed E-state index contributed by atoms with van der Waals surface area (Å²) in [4.78, 5) is 25.1. The van der Waals surface area contributed by atoms with E-state index in [2.05, 4.69) is 10.6 Å². The summed E-state index contributed by atoms with van der Waals surface area (Å²) in [5, 5.41) is 5.73. The summed E-state index contributed by atoms with van der Waals surface area (Å²) in [6.07, 6.45) is 2.22. The Hall–Kier alpha value is -4.27. The van der Waals surface area contributed by atoms with Gasteiger partial charge in [-0.3, -0.25) is 13.9 Å². The quantitative estimate of drug-likeness (QED) is 0.306. The van der Waals surface area contributed by atoms with Gasteiger partial charge < -0.3 is 15.1 Å². The van der Waals surface area contributed by atoms with Crippen LogP contribution >= 0.6 is 0 Å². The lowest BCUT2D eigenvalue weighted by molar-refractivity contribution is -0.115. The van der Waals surface area contributed by atoms with E-state index < -0.39 is 37.7 Å². The van der Waals surface area contributed by atoms with Gasteiger partial charge in [0.05, 0.1) is 28.8 Å². The first kappa shape index (κ1) is 30.7. The third kappa shape index (κ3) is 5.57. The maximum absolute atomic E-state index is 13.8. The predicted octanol–water partition coefficient (Wildman–Crippen LogP) is 4.06. The number of anilines is 2. The number of furan rings is 1. The Bertz CT molecular complexity index is 2080. The number of rotatable bonds is 7. The number of hydrogen-bond donors (Lipinski definition) is 2. The molecular formula is C31H31FN4O7S2. The van der Waals surface area contributed by atoms with Crippen molar-refractivity contribution in [2.45, 2.75) is 30.1 Å². The lowest BCUT2D eigenvalue weighted by Gasteiger charge is -2.34. The largest absolute Gasteiger partial charge is 0.455 e. The Labute approximate surface area is 260 Å². The Morgan fingerprint density at radius 1 is 1.09 bits per heavy atom. The second kappa shape index (κ2) is 11.3. The Balaban J connectivity index is 1.47. The summed E-state index contributed by atoms with van der Waals surface area (Å²) in [6, 6.07) is 13.3. The van der Waals surface area contributed by atoms with E-state index >= 15 is 0 Å². The summed E-state index contributed by atoms with van der Waals surface area (Å²) in [7, 11) is -4.84. The predicted molar refractivity (Wildman–Crippen MR) is 168 cm³/mol. The Morgan fingerprint density at radius 2 is 1.82 bits per heavy atom. The zero-order valence-corrected chi connectivity index (χ0v) is 26.4. The molecule has 0 bridgehead atoms. The molecule has 0 radical (unpaired) electrons. The van der Waals surface area contributed by atoms with Gasteiger partial charge in [-0.05, 0) is 78.4 Å². The minimum atomic E-state index is -3.96. The molecular weight excluding hydrogens is 623 g/mol. The van der Waals surface area contributed by atoms with E-state index in [0.717, 1.165) is 10.6 Å². The lowest BCUT2D eigenvalue weighted by Crippen LogP contribution is -2.39. The van der Waals surface area contributed by atoms with Gasteiger partial charge in [0, 0.05) is 49.9 Å². The van der Waals surface area contributed by atoms with Crippen molar-refractivity contribution in [2.24, 2.45) is 0 Å². The van der Waals surface area contributed by atoms with E-state index in [1.54, 1.807) is 18.2 Å². The van der Waals surface area contributed by atoms with Crippen LogP contribution in [0.25, 0.3) is 22.3 Å². The highest BCUT2D eigenvalue weighted by atomic mass is 32.2. The molecule has 2 N–H and O–H groups in total. The number of nitrogens with zero attached hydrogens (tertiary/aromatic N) is 2. The van der Waals surface area contributed by atoms with Crippen molar-refractivity contribution in [1.29, 1.82) is 0 Å². The highest BCUT2D eigenvalue weighted by molar-refractivity contribution is 7.92. The molecule has 0 saturated carbocycles. The summed E-state index contributed by atoms with van der Waals surface area (Å²) in [5.74, 6) is -1.37. The van der Waals surface area contributed by atoms with E-state index in [4.69, 9.17) is 4.42 Å².